The zero-order chi connectivity index (χ0) is 48.4. The van der Waals surface area contributed by atoms with Crippen LogP contribution in [0.15, 0.2) is 72.9 Å². The Morgan fingerprint density at radius 2 is 1.28 bits per heavy atom. The van der Waals surface area contributed by atoms with Crippen LogP contribution in [0.5, 0.6) is 0 Å². The van der Waals surface area contributed by atoms with Crippen molar-refractivity contribution in [2.45, 2.75) is 189 Å². The fourth-order valence-electron chi connectivity index (χ4n) is 8.11. The number of hydrogen-bond donors (Lipinski definition) is 12. The van der Waals surface area contributed by atoms with Crippen molar-refractivity contribution >= 4 is 11.9 Å². The van der Waals surface area contributed by atoms with E-state index in [9.17, 15) is 65.8 Å². The number of fused-ring (bicyclic) bond motifs is 2. The van der Waals surface area contributed by atoms with Crippen LogP contribution in [-0.2, 0) is 28.5 Å². The largest absolute Gasteiger partial charge is 0.481 e. The average molecular weight is 926 g/mol. The molecule has 2 bridgehead atoms. The zero-order valence-corrected chi connectivity index (χ0v) is 37.8. The summed E-state index contributed by atoms with van der Waals surface area (Å²) in [5.74, 6) is -6.82. The van der Waals surface area contributed by atoms with E-state index >= 15 is 0 Å². The standard InChI is InChI=1S/C47H75NO17/c1-27-17-15-13-11-9-7-5-6-8-10-12-14-16-18-34(64-46-44(58)41(48)43(57)30(4)63-46)24-38-40(45(59)60)37(54)26-47(61,65-38)25-36(53)35(52)20-19-31(49)21-32(50)22-33(51)23-39(55)62-29(3)28(2)42(27)56/h5-6,8,10-18,27-38,40-44,46,49-54,56-58,61H,7,9,19-26,48H2,1-4H3,(H,59,60)/b6-5+,10-8+,13-11+,14-12+,17-15+,18-16+/t27-,28+,29-,30-,31+,32+,33+,34+,35-,36+,37-,38-,40-,41+,42-,43-,44+,46+,47+/m1/s1. The number of nitrogens with two attached hydrogens (primary N) is 1. The number of aliphatic hydroxyl groups is 10. The van der Waals surface area contributed by atoms with Crippen LogP contribution in [0.25, 0.3) is 0 Å². The minimum Gasteiger partial charge on any atom is -0.481 e. The van der Waals surface area contributed by atoms with Gasteiger partial charge in [0, 0.05) is 31.1 Å². The van der Waals surface area contributed by atoms with Gasteiger partial charge in [-0.1, -0.05) is 86.8 Å². The summed E-state index contributed by atoms with van der Waals surface area (Å²) >= 11 is 0. The van der Waals surface area contributed by atoms with Crippen LogP contribution in [-0.4, -0.2) is 166 Å². The molecule has 18 nitrogen and oxygen atoms in total. The number of carboxylic acid groups (broad SMARTS) is 1. The second kappa shape index (κ2) is 27.6. The molecule has 3 aliphatic heterocycles. The van der Waals surface area contributed by atoms with Crippen LogP contribution in [0.1, 0.15) is 91.9 Å². The van der Waals surface area contributed by atoms with Gasteiger partial charge in [-0.05, 0) is 52.4 Å². The predicted molar refractivity (Wildman–Crippen MR) is 237 cm³/mol. The number of carbonyl (C=O) groups is 2. The first-order valence-corrected chi connectivity index (χ1v) is 22.6. The highest BCUT2D eigenvalue weighted by molar-refractivity contribution is 5.71. The van der Waals surface area contributed by atoms with Gasteiger partial charge in [0.15, 0.2) is 12.1 Å². The highest BCUT2D eigenvalue weighted by Gasteiger charge is 2.51. The van der Waals surface area contributed by atoms with Crippen molar-refractivity contribution < 1.29 is 84.7 Å². The van der Waals surface area contributed by atoms with Gasteiger partial charge in [-0.15, -0.1) is 0 Å². The molecule has 0 saturated carbocycles. The number of aliphatic carboxylic acids is 1. The molecule has 0 unspecified atom stereocenters. The summed E-state index contributed by atoms with van der Waals surface area (Å²) < 4.78 is 23.2. The van der Waals surface area contributed by atoms with Gasteiger partial charge in [-0.3, -0.25) is 9.59 Å². The zero-order valence-electron chi connectivity index (χ0n) is 37.8. The molecular weight excluding hydrogens is 851 g/mol. The van der Waals surface area contributed by atoms with Gasteiger partial charge in [-0.25, -0.2) is 0 Å². The van der Waals surface area contributed by atoms with E-state index in [-0.39, 0.29) is 38.0 Å². The number of carbonyl (C=O) groups excluding carboxylic acids is 1. The summed E-state index contributed by atoms with van der Waals surface area (Å²) in [5, 5.41) is 118. The third-order valence-corrected chi connectivity index (χ3v) is 12.2. The Bertz CT molecular complexity index is 1620. The molecule has 3 aliphatic rings. The number of hydrogen-bond acceptors (Lipinski definition) is 17. The van der Waals surface area contributed by atoms with Crippen molar-refractivity contribution in [3.05, 3.63) is 72.9 Å². The van der Waals surface area contributed by atoms with Crippen molar-refractivity contribution in [3.63, 3.8) is 0 Å². The first-order valence-electron chi connectivity index (χ1n) is 22.6. The molecule has 3 heterocycles. The number of rotatable bonds is 3. The quantitative estimate of drug-likeness (QED) is 0.175. The Kier molecular flexibility index (Phi) is 23.8. The lowest BCUT2D eigenvalue weighted by molar-refractivity contribution is -0.310. The van der Waals surface area contributed by atoms with E-state index in [0.29, 0.717) is 0 Å². The van der Waals surface area contributed by atoms with E-state index in [1.807, 2.05) is 49.5 Å². The second-order valence-electron chi connectivity index (χ2n) is 17.8. The average Bonchev–Trinajstić information content (AvgIpc) is 3.21. The molecule has 2 fully saturated rings. The monoisotopic (exact) mass is 926 g/mol. The van der Waals surface area contributed by atoms with E-state index in [2.05, 4.69) is 0 Å². The maximum Gasteiger partial charge on any atom is 0.311 e. The second-order valence-corrected chi connectivity index (χ2v) is 17.8. The number of carboxylic acids is 1. The Morgan fingerprint density at radius 1 is 0.692 bits per heavy atom. The maximum atomic E-state index is 12.6. The molecular formula is C47H75NO17. The maximum absolute atomic E-state index is 12.6. The van der Waals surface area contributed by atoms with Crippen LogP contribution < -0.4 is 5.73 Å². The van der Waals surface area contributed by atoms with E-state index in [1.54, 1.807) is 38.2 Å². The molecule has 0 radical (unpaired) electrons. The van der Waals surface area contributed by atoms with Gasteiger partial charge in [0.05, 0.1) is 79.6 Å². The van der Waals surface area contributed by atoms with E-state index in [1.165, 1.54) is 13.0 Å². The van der Waals surface area contributed by atoms with Crippen molar-refractivity contribution in [2.24, 2.45) is 23.5 Å². The molecule has 65 heavy (non-hydrogen) atoms. The number of aliphatic hydroxyl groups excluding tert-OH is 9. The Balaban J connectivity index is 1.84. The van der Waals surface area contributed by atoms with Gasteiger partial charge in [0.2, 0.25) is 0 Å². The molecule has 18 heteroatoms. The summed E-state index contributed by atoms with van der Waals surface area (Å²) in [6.07, 6.45) is 2.28. The minimum atomic E-state index is -2.35. The highest BCUT2D eigenvalue weighted by Crippen LogP contribution is 2.38. The Hall–Kier alpha value is -3.18. The molecule has 3 rings (SSSR count). The summed E-state index contributed by atoms with van der Waals surface area (Å²) in [6, 6.07) is -1.14. The molecule has 0 aromatic rings. The SMILES string of the molecule is C[C@@H]1[C@H](O)[C@H](C)/C=C/C=C/CC/C=C/C=C/C=C/C=C/[C@H](O[C@@H]2O[C@H](C)[C@@H](O)[C@H](N)[C@@H]2O)C[C@H]2O[C@](O)(C[C@@H](O)[C@H]2C(=O)O)C[C@H](O)[C@H](O)CC[C@H](O)C[C@H](O)C[C@H](O)CC(=O)O[C@@H]1C. The third-order valence-electron chi connectivity index (χ3n) is 12.2. The van der Waals surface area contributed by atoms with Crippen molar-refractivity contribution in [3.8, 4) is 0 Å². The lowest BCUT2D eigenvalue weighted by Gasteiger charge is -2.45. The molecule has 19 atom stereocenters. The molecule has 0 aliphatic carbocycles. The molecule has 0 aromatic carbocycles. The van der Waals surface area contributed by atoms with Gasteiger partial charge < -0.3 is 80.9 Å². The fraction of sp³-hybridized carbons (Fsp3) is 0.702. The molecule has 0 amide bonds. The van der Waals surface area contributed by atoms with E-state index in [4.69, 9.17) is 24.7 Å². The number of esters is 1. The number of allylic oxidation sites excluding steroid dienone is 10. The van der Waals surface area contributed by atoms with Crippen LogP contribution in [0.4, 0.5) is 0 Å². The number of ether oxygens (including phenoxy) is 4. The van der Waals surface area contributed by atoms with Crippen LogP contribution in [0, 0.1) is 17.8 Å². The highest BCUT2D eigenvalue weighted by atomic mass is 16.7. The number of cyclic esters (lactones) is 1. The van der Waals surface area contributed by atoms with Gasteiger partial charge in [0.25, 0.3) is 0 Å². The molecule has 0 aromatic heterocycles. The molecule has 370 valence electrons. The lowest BCUT2D eigenvalue weighted by Crippen LogP contribution is -2.61. The first-order chi connectivity index (χ1) is 30.6. The lowest BCUT2D eigenvalue weighted by atomic mass is 9.82. The van der Waals surface area contributed by atoms with Gasteiger partial charge in [-0.2, -0.15) is 0 Å². The summed E-state index contributed by atoms with van der Waals surface area (Å²) in [7, 11) is 0. The van der Waals surface area contributed by atoms with E-state index in [0.717, 1.165) is 12.8 Å². The summed E-state index contributed by atoms with van der Waals surface area (Å²) in [4.78, 5) is 25.1. The third kappa shape index (κ3) is 18.8. The van der Waals surface area contributed by atoms with E-state index < -0.39 is 141 Å². The smallest absolute Gasteiger partial charge is 0.311 e. The van der Waals surface area contributed by atoms with Crippen LogP contribution in [0.2, 0.25) is 0 Å². The summed E-state index contributed by atoms with van der Waals surface area (Å²) in [5.41, 5.74) is 6.02. The van der Waals surface area contributed by atoms with Crippen molar-refractivity contribution in [2.75, 3.05) is 0 Å². The molecule has 2 saturated heterocycles. The Morgan fingerprint density at radius 3 is 1.94 bits per heavy atom. The van der Waals surface area contributed by atoms with Crippen LogP contribution in [0.3, 0.4) is 0 Å². The van der Waals surface area contributed by atoms with Crippen molar-refractivity contribution in [1.82, 2.24) is 0 Å². The molecule has 0 spiro atoms. The van der Waals surface area contributed by atoms with Crippen molar-refractivity contribution in [1.29, 1.82) is 0 Å². The normalized spacial score (nSPS) is 45.2. The fourth-order valence-corrected chi connectivity index (χ4v) is 8.11. The first kappa shape index (κ1) is 56.1. The Labute approximate surface area is 381 Å². The topological polar surface area (TPSA) is 320 Å². The van der Waals surface area contributed by atoms with Gasteiger partial charge >= 0.3 is 11.9 Å². The molecule has 13 N–H and O–H groups in total. The summed E-state index contributed by atoms with van der Waals surface area (Å²) in [6.45, 7) is 6.78. The van der Waals surface area contributed by atoms with Gasteiger partial charge in [0.1, 0.15) is 18.1 Å². The minimum absolute atomic E-state index is 0.138. The predicted octanol–water partition coefficient (Wildman–Crippen LogP) is 0.936. The van der Waals surface area contributed by atoms with Crippen LogP contribution >= 0.6 is 0 Å².